The second-order valence-corrected chi connectivity index (χ2v) is 4.25. The van der Waals surface area contributed by atoms with E-state index in [1.807, 2.05) is 25.4 Å². The normalized spacial score (nSPS) is 20.6. The molecule has 2 rings (SSSR count). The van der Waals surface area contributed by atoms with Crippen molar-refractivity contribution in [3.63, 3.8) is 0 Å². The molecular weight excluding hydrogens is 194 g/mol. The quantitative estimate of drug-likeness (QED) is 0.787. The number of hydrogen-bond donors (Lipinski definition) is 2. The van der Waals surface area contributed by atoms with Crippen LogP contribution in [0.3, 0.4) is 0 Å². The van der Waals surface area contributed by atoms with Crippen molar-refractivity contribution < 1.29 is 14.6 Å². The molecule has 15 heavy (non-hydrogen) atoms. The van der Waals surface area contributed by atoms with Crippen molar-refractivity contribution in [2.45, 2.75) is 18.8 Å². The maximum absolute atomic E-state index is 10.7. The van der Waals surface area contributed by atoms with Crippen molar-refractivity contribution in [1.29, 1.82) is 0 Å². The van der Waals surface area contributed by atoms with Crippen molar-refractivity contribution in [3.05, 3.63) is 24.0 Å². The number of nitrogens with one attached hydrogen (secondary N) is 1. The third kappa shape index (κ3) is 1.65. The first kappa shape index (κ1) is 10.2. The molecule has 4 nitrogen and oxygen atoms in total. The lowest BCUT2D eigenvalue weighted by molar-refractivity contribution is -0.142. The van der Waals surface area contributed by atoms with E-state index in [-0.39, 0.29) is 17.8 Å². The number of ether oxygens (including phenoxy) is 1. The first-order valence-corrected chi connectivity index (χ1v) is 5.08. The minimum atomic E-state index is -0.746. The van der Waals surface area contributed by atoms with Crippen molar-refractivity contribution in [2.24, 2.45) is 5.92 Å². The van der Waals surface area contributed by atoms with E-state index >= 15 is 0 Å². The zero-order valence-corrected chi connectivity index (χ0v) is 8.69. The number of carboxylic acid groups (broad SMARTS) is 1. The van der Waals surface area contributed by atoms with Gasteiger partial charge in [-0.05, 0) is 17.5 Å². The summed E-state index contributed by atoms with van der Waals surface area (Å²) in [6, 6.07) is 2.00. The van der Waals surface area contributed by atoms with Gasteiger partial charge in [0.05, 0.1) is 13.2 Å². The first-order chi connectivity index (χ1) is 7.15. The van der Waals surface area contributed by atoms with E-state index in [1.54, 1.807) is 0 Å². The second-order valence-electron chi connectivity index (χ2n) is 4.25. The van der Waals surface area contributed by atoms with Gasteiger partial charge in [-0.25, -0.2) is 0 Å². The molecule has 0 aromatic carbocycles. The molecule has 2 N–H and O–H groups in total. The van der Waals surface area contributed by atoms with Gasteiger partial charge in [0.25, 0.3) is 0 Å². The molecule has 1 aliphatic rings. The molecule has 82 valence electrons. The van der Waals surface area contributed by atoms with Crippen LogP contribution in [-0.2, 0) is 14.9 Å². The van der Waals surface area contributed by atoms with Crippen LogP contribution in [0.15, 0.2) is 18.5 Å². The average Bonchev–Trinajstić information content (AvgIpc) is 2.53. The van der Waals surface area contributed by atoms with E-state index < -0.39 is 5.97 Å². The van der Waals surface area contributed by atoms with Crippen LogP contribution >= 0.6 is 0 Å². The van der Waals surface area contributed by atoms with E-state index in [4.69, 9.17) is 9.84 Å². The molecule has 1 atom stereocenters. The Balaban J connectivity index is 2.18. The van der Waals surface area contributed by atoms with E-state index in [2.05, 4.69) is 4.98 Å². The molecule has 2 heterocycles. The van der Waals surface area contributed by atoms with E-state index in [9.17, 15) is 4.79 Å². The highest BCUT2D eigenvalue weighted by Gasteiger charge is 2.45. The standard InChI is InChI=1S/C11H15NO3/c1-8(4-10(13)14)11(6-15-7-11)9-2-3-12-5-9/h2-3,5,8,12H,4,6-7H2,1H3,(H,13,14). The highest BCUT2D eigenvalue weighted by atomic mass is 16.5. The summed E-state index contributed by atoms with van der Waals surface area (Å²) in [6.07, 6.45) is 3.98. The topological polar surface area (TPSA) is 62.3 Å². The SMILES string of the molecule is CC(CC(=O)O)C1(c2cc[nH]c2)COC1. The zero-order valence-electron chi connectivity index (χ0n) is 8.69. The van der Waals surface area contributed by atoms with Crippen LogP contribution in [0.5, 0.6) is 0 Å². The molecule has 1 fully saturated rings. The summed E-state index contributed by atoms with van der Waals surface area (Å²) in [6.45, 7) is 3.22. The predicted octanol–water partition coefficient (Wildman–Crippen LogP) is 1.39. The van der Waals surface area contributed by atoms with Gasteiger partial charge < -0.3 is 14.8 Å². The molecule has 1 aromatic heterocycles. The second kappa shape index (κ2) is 3.70. The maximum Gasteiger partial charge on any atom is 0.303 e. The third-order valence-corrected chi connectivity index (χ3v) is 3.32. The van der Waals surface area contributed by atoms with Gasteiger partial charge in [0.2, 0.25) is 0 Å². The molecule has 1 unspecified atom stereocenters. The molecule has 1 aromatic rings. The molecule has 0 aliphatic carbocycles. The van der Waals surface area contributed by atoms with Gasteiger partial charge in [0, 0.05) is 24.2 Å². The monoisotopic (exact) mass is 209 g/mol. The fourth-order valence-corrected chi connectivity index (χ4v) is 2.15. The van der Waals surface area contributed by atoms with Gasteiger partial charge in [-0.2, -0.15) is 0 Å². The Bertz CT molecular complexity index is 341. The Morgan fingerprint density at radius 2 is 2.47 bits per heavy atom. The molecule has 0 radical (unpaired) electrons. The summed E-state index contributed by atoms with van der Waals surface area (Å²) in [4.78, 5) is 13.7. The average molecular weight is 209 g/mol. The van der Waals surface area contributed by atoms with Crippen LogP contribution in [0.25, 0.3) is 0 Å². The summed E-state index contributed by atoms with van der Waals surface area (Å²) in [5, 5.41) is 8.82. The summed E-state index contributed by atoms with van der Waals surface area (Å²) in [7, 11) is 0. The predicted molar refractivity (Wildman–Crippen MR) is 54.7 cm³/mol. The Morgan fingerprint density at radius 3 is 2.87 bits per heavy atom. The van der Waals surface area contributed by atoms with Crippen LogP contribution in [0.2, 0.25) is 0 Å². The Labute approximate surface area is 88.3 Å². The van der Waals surface area contributed by atoms with Crippen LogP contribution in [-0.4, -0.2) is 29.3 Å². The van der Waals surface area contributed by atoms with Crippen LogP contribution < -0.4 is 0 Å². The lowest BCUT2D eigenvalue weighted by Gasteiger charge is -2.45. The number of carbonyl (C=O) groups is 1. The summed E-state index contributed by atoms with van der Waals surface area (Å²) >= 11 is 0. The fourth-order valence-electron chi connectivity index (χ4n) is 2.15. The molecule has 4 heteroatoms. The minimum absolute atomic E-state index is 0.0968. The van der Waals surface area contributed by atoms with E-state index in [1.165, 1.54) is 0 Å². The number of H-pyrrole nitrogens is 1. The van der Waals surface area contributed by atoms with Gasteiger partial charge in [0.15, 0.2) is 0 Å². The number of aliphatic carboxylic acids is 1. The summed E-state index contributed by atoms with van der Waals surface area (Å²) in [5.74, 6) is -0.649. The first-order valence-electron chi connectivity index (χ1n) is 5.08. The number of hydrogen-bond acceptors (Lipinski definition) is 2. The molecule has 1 saturated heterocycles. The van der Waals surface area contributed by atoms with Gasteiger partial charge >= 0.3 is 5.97 Å². The zero-order chi connectivity index (χ0) is 10.9. The van der Waals surface area contributed by atoms with Crippen LogP contribution in [0.1, 0.15) is 18.9 Å². The van der Waals surface area contributed by atoms with Gasteiger partial charge in [-0.3, -0.25) is 4.79 Å². The van der Waals surface area contributed by atoms with Crippen molar-refractivity contribution in [1.82, 2.24) is 4.98 Å². The largest absolute Gasteiger partial charge is 0.481 e. The highest BCUT2D eigenvalue weighted by Crippen LogP contribution is 2.40. The summed E-state index contributed by atoms with van der Waals surface area (Å²) in [5.41, 5.74) is 1.06. The van der Waals surface area contributed by atoms with Gasteiger partial charge in [-0.1, -0.05) is 6.92 Å². The molecule has 0 bridgehead atoms. The molecular formula is C11H15NO3. The Morgan fingerprint density at radius 1 is 1.73 bits per heavy atom. The Hall–Kier alpha value is -1.29. The highest BCUT2D eigenvalue weighted by molar-refractivity contribution is 5.67. The molecule has 0 amide bonds. The van der Waals surface area contributed by atoms with Crippen LogP contribution in [0, 0.1) is 5.92 Å². The smallest absolute Gasteiger partial charge is 0.303 e. The Kier molecular flexibility index (Phi) is 2.52. The number of carboxylic acids is 1. The number of rotatable bonds is 4. The van der Waals surface area contributed by atoms with Gasteiger partial charge in [-0.15, -0.1) is 0 Å². The molecule has 0 spiro atoms. The number of aromatic amines is 1. The van der Waals surface area contributed by atoms with E-state index in [0.717, 1.165) is 5.56 Å². The minimum Gasteiger partial charge on any atom is -0.481 e. The maximum atomic E-state index is 10.7. The van der Waals surface area contributed by atoms with Crippen molar-refractivity contribution in [3.8, 4) is 0 Å². The fraction of sp³-hybridized carbons (Fsp3) is 0.545. The lowest BCUT2D eigenvalue weighted by atomic mass is 9.69. The number of aromatic nitrogens is 1. The van der Waals surface area contributed by atoms with E-state index in [0.29, 0.717) is 13.2 Å². The summed E-state index contributed by atoms with van der Waals surface area (Å²) < 4.78 is 5.26. The third-order valence-electron chi connectivity index (χ3n) is 3.32. The molecule has 0 saturated carbocycles. The van der Waals surface area contributed by atoms with Crippen LogP contribution in [0.4, 0.5) is 0 Å². The van der Waals surface area contributed by atoms with Crippen molar-refractivity contribution >= 4 is 5.97 Å². The molecule has 1 aliphatic heterocycles. The lowest BCUT2D eigenvalue weighted by Crippen LogP contribution is -2.51. The van der Waals surface area contributed by atoms with Gasteiger partial charge in [0.1, 0.15) is 0 Å². The van der Waals surface area contributed by atoms with Crippen molar-refractivity contribution in [2.75, 3.05) is 13.2 Å².